The molecule has 2 aliphatic rings. The van der Waals surface area contributed by atoms with Gasteiger partial charge in [0.1, 0.15) is 19.8 Å². The second-order valence-electron chi connectivity index (χ2n) is 5.55. The smallest absolute Gasteiger partial charge is 0.326 e. The Morgan fingerprint density at radius 1 is 1.32 bits per heavy atom. The summed E-state index contributed by atoms with van der Waals surface area (Å²) < 4.78 is 16.0. The zero-order valence-electron chi connectivity index (χ0n) is 13.6. The molecule has 9 heteroatoms. The molecule has 2 amide bonds. The van der Waals surface area contributed by atoms with Gasteiger partial charge >= 0.3 is 5.97 Å². The highest BCUT2D eigenvalue weighted by atomic mass is 32.2. The van der Waals surface area contributed by atoms with E-state index in [1.807, 2.05) is 0 Å². The maximum Gasteiger partial charge on any atom is 0.326 e. The van der Waals surface area contributed by atoms with Gasteiger partial charge in [0, 0.05) is 11.8 Å². The predicted molar refractivity (Wildman–Crippen MR) is 90.7 cm³/mol. The molecule has 0 aromatic heterocycles. The molecule has 0 aliphatic carbocycles. The van der Waals surface area contributed by atoms with Crippen molar-refractivity contribution in [2.24, 2.45) is 0 Å². The third-order valence-electron chi connectivity index (χ3n) is 3.63. The van der Waals surface area contributed by atoms with Crippen molar-refractivity contribution in [1.82, 2.24) is 4.90 Å². The van der Waals surface area contributed by atoms with E-state index in [-0.39, 0.29) is 12.5 Å². The second kappa shape index (κ2) is 7.64. The Balaban J connectivity index is 1.52. The predicted octanol–water partition coefficient (Wildman–Crippen LogP) is 0.861. The number of fused-ring (bicyclic) bond motifs is 1. The number of amides is 2. The summed E-state index contributed by atoms with van der Waals surface area (Å²) in [5, 5.41) is 2.66. The van der Waals surface area contributed by atoms with Gasteiger partial charge in [0.15, 0.2) is 17.6 Å². The molecule has 0 saturated carbocycles. The second-order valence-corrected chi connectivity index (χ2v) is 6.50. The molecule has 1 fully saturated rings. The normalized spacial score (nSPS) is 17.2. The summed E-state index contributed by atoms with van der Waals surface area (Å²) in [5.74, 6) is 0.831. The highest BCUT2D eigenvalue weighted by Crippen LogP contribution is 2.32. The summed E-state index contributed by atoms with van der Waals surface area (Å²) in [5.41, 5.74) is 0.517. The average molecular weight is 366 g/mol. The van der Waals surface area contributed by atoms with Crippen LogP contribution < -0.4 is 14.8 Å². The Hall–Kier alpha value is -2.42. The number of hydrogen-bond donors (Lipinski definition) is 1. The molecule has 3 rings (SSSR count). The van der Waals surface area contributed by atoms with Crippen LogP contribution in [-0.2, 0) is 19.1 Å². The minimum absolute atomic E-state index is 0.102. The van der Waals surface area contributed by atoms with E-state index in [1.165, 1.54) is 23.6 Å². The molecule has 0 radical (unpaired) electrons. The first-order valence-corrected chi connectivity index (χ1v) is 8.94. The van der Waals surface area contributed by atoms with Crippen LogP contribution in [0.4, 0.5) is 5.69 Å². The zero-order valence-corrected chi connectivity index (χ0v) is 14.5. The fourth-order valence-corrected chi connectivity index (χ4v) is 3.25. The molecule has 2 aliphatic heterocycles. The fraction of sp³-hybridized carbons (Fsp3) is 0.438. The van der Waals surface area contributed by atoms with Crippen molar-refractivity contribution in [3.8, 4) is 11.5 Å². The first kappa shape index (κ1) is 17.4. The average Bonchev–Trinajstić information content (AvgIpc) is 2.99. The van der Waals surface area contributed by atoms with Crippen molar-refractivity contribution in [3.63, 3.8) is 0 Å². The van der Waals surface area contributed by atoms with Gasteiger partial charge in [-0.05, 0) is 19.1 Å². The van der Waals surface area contributed by atoms with Crippen molar-refractivity contribution in [2.45, 2.75) is 13.0 Å². The van der Waals surface area contributed by atoms with E-state index in [0.717, 1.165) is 0 Å². The first-order valence-electron chi connectivity index (χ1n) is 7.78. The molecule has 1 saturated heterocycles. The van der Waals surface area contributed by atoms with E-state index in [0.29, 0.717) is 42.0 Å². The lowest BCUT2D eigenvalue weighted by molar-refractivity contribution is -0.155. The van der Waals surface area contributed by atoms with Crippen molar-refractivity contribution < 1.29 is 28.6 Å². The Morgan fingerprint density at radius 2 is 2.08 bits per heavy atom. The molecule has 1 atom stereocenters. The van der Waals surface area contributed by atoms with Crippen LogP contribution in [0.3, 0.4) is 0 Å². The fourth-order valence-electron chi connectivity index (χ4n) is 2.35. The highest BCUT2D eigenvalue weighted by Gasteiger charge is 2.26. The van der Waals surface area contributed by atoms with Gasteiger partial charge in [-0.2, -0.15) is 0 Å². The molecular formula is C16H18N2O6S. The molecule has 2 heterocycles. The molecule has 134 valence electrons. The number of ether oxygens (including phenoxy) is 3. The minimum Gasteiger partial charge on any atom is -0.486 e. The third-order valence-corrected chi connectivity index (χ3v) is 4.58. The maximum atomic E-state index is 12.2. The number of thioether (sulfide) groups is 1. The summed E-state index contributed by atoms with van der Waals surface area (Å²) >= 11 is 1.44. The minimum atomic E-state index is -0.981. The topological polar surface area (TPSA) is 94.2 Å². The van der Waals surface area contributed by atoms with Gasteiger partial charge in [-0.15, -0.1) is 11.8 Å². The molecule has 1 N–H and O–H groups in total. The van der Waals surface area contributed by atoms with Gasteiger partial charge in [-0.3, -0.25) is 14.4 Å². The van der Waals surface area contributed by atoms with E-state index in [9.17, 15) is 14.4 Å². The van der Waals surface area contributed by atoms with Crippen LogP contribution in [-0.4, -0.2) is 60.2 Å². The SMILES string of the molecule is CC(OC(=O)CN1CSCC1=O)C(=O)Nc1ccc2c(c1)OCCO2. The lowest BCUT2D eigenvalue weighted by atomic mass is 10.2. The van der Waals surface area contributed by atoms with Crippen LogP contribution in [0.2, 0.25) is 0 Å². The molecule has 0 spiro atoms. The van der Waals surface area contributed by atoms with Crippen molar-refractivity contribution >= 4 is 35.2 Å². The summed E-state index contributed by atoms with van der Waals surface area (Å²) in [6.45, 7) is 2.27. The van der Waals surface area contributed by atoms with Crippen LogP contribution in [0.15, 0.2) is 18.2 Å². The van der Waals surface area contributed by atoms with Crippen LogP contribution >= 0.6 is 11.8 Å². The molecule has 1 aromatic carbocycles. The van der Waals surface area contributed by atoms with Crippen LogP contribution in [0, 0.1) is 0 Å². The Labute approximate surface area is 148 Å². The van der Waals surface area contributed by atoms with Crippen LogP contribution in [0.1, 0.15) is 6.92 Å². The molecule has 8 nitrogen and oxygen atoms in total. The standard InChI is InChI=1S/C16H18N2O6S/c1-10(24-15(20)7-18-9-25-8-14(18)19)16(21)17-11-2-3-12-13(6-11)23-5-4-22-12/h2-3,6,10H,4-5,7-9H2,1H3,(H,17,21). The van der Waals surface area contributed by atoms with Gasteiger partial charge in [0.25, 0.3) is 5.91 Å². The van der Waals surface area contributed by atoms with E-state index < -0.39 is 18.0 Å². The first-order chi connectivity index (χ1) is 12.0. The van der Waals surface area contributed by atoms with Crippen molar-refractivity contribution in [3.05, 3.63) is 18.2 Å². The largest absolute Gasteiger partial charge is 0.486 e. The maximum absolute atomic E-state index is 12.2. The summed E-state index contributed by atoms with van der Waals surface area (Å²) in [6, 6.07) is 5.04. The molecule has 0 bridgehead atoms. The Morgan fingerprint density at radius 3 is 2.80 bits per heavy atom. The highest BCUT2D eigenvalue weighted by molar-refractivity contribution is 8.00. The van der Waals surface area contributed by atoms with E-state index in [1.54, 1.807) is 18.2 Å². The Kier molecular flexibility index (Phi) is 5.32. The number of carbonyl (C=O) groups is 3. The van der Waals surface area contributed by atoms with Crippen LogP contribution in [0.25, 0.3) is 0 Å². The number of benzene rings is 1. The lowest BCUT2D eigenvalue weighted by Crippen LogP contribution is -2.36. The number of anilines is 1. The molecule has 1 aromatic rings. The zero-order chi connectivity index (χ0) is 17.8. The van der Waals surface area contributed by atoms with E-state index in [4.69, 9.17) is 14.2 Å². The number of hydrogen-bond acceptors (Lipinski definition) is 7. The number of nitrogens with one attached hydrogen (secondary N) is 1. The number of carbonyl (C=O) groups excluding carboxylic acids is 3. The molecule has 25 heavy (non-hydrogen) atoms. The molecular weight excluding hydrogens is 348 g/mol. The summed E-state index contributed by atoms with van der Waals surface area (Å²) in [7, 11) is 0. The quantitative estimate of drug-likeness (QED) is 0.773. The van der Waals surface area contributed by atoms with Gasteiger partial charge < -0.3 is 24.4 Å². The third kappa shape index (κ3) is 4.36. The monoisotopic (exact) mass is 366 g/mol. The van der Waals surface area contributed by atoms with Gasteiger partial charge in [-0.25, -0.2) is 0 Å². The van der Waals surface area contributed by atoms with Gasteiger partial charge in [-0.1, -0.05) is 0 Å². The van der Waals surface area contributed by atoms with Crippen LogP contribution in [0.5, 0.6) is 11.5 Å². The van der Waals surface area contributed by atoms with Gasteiger partial charge in [0.2, 0.25) is 5.91 Å². The van der Waals surface area contributed by atoms with Gasteiger partial charge in [0.05, 0.1) is 11.6 Å². The number of nitrogens with zero attached hydrogens (tertiary/aromatic N) is 1. The number of rotatable bonds is 5. The van der Waals surface area contributed by atoms with E-state index in [2.05, 4.69) is 5.32 Å². The van der Waals surface area contributed by atoms with Crippen molar-refractivity contribution in [2.75, 3.05) is 36.7 Å². The van der Waals surface area contributed by atoms with E-state index >= 15 is 0 Å². The summed E-state index contributed by atoms with van der Waals surface area (Å²) in [4.78, 5) is 36.9. The molecule has 1 unspecified atom stereocenters. The van der Waals surface area contributed by atoms with Crippen molar-refractivity contribution in [1.29, 1.82) is 0 Å². The lowest BCUT2D eigenvalue weighted by Gasteiger charge is -2.20. The Bertz CT molecular complexity index is 695. The summed E-state index contributed by atoms with van der Waals surface area (Å²) in [6.07, 6.45) is -0.981. The number of esters is 1.